The minimum atomic E-state index is -0.354. The molecule has 2 rings (SSSR count). The Kier molecular flexibility index (Phi) is 4.58. The molecule has 0 heterocycles. The number of rotatable bonds is 4. The van der Waals surface area contributed by atoms with Gasteiger partial charge in [0.2, 0.25) is 0 Å². The van der Waals surface area contributed by atoms with E-state index in [-0.39, 0.29) is 11.7 Å². The minimum absolute atomic E-state index is 0.161. The highest BCUT2D eigenvalue weighted by atomic mass is 35.5. The predicted octanol–water partition coefficient (Wildman–Crippen LogP) is 3.45. The quantitative estimate of drug-likeness (QED) is 0.906. The van der Waals surface area contributed by atoms with E-state index < -0.39 is 0 Å². The summed E-state index contributed by atoms with van der Waals surface area (Å²) in [6.45, 7) is 0.320. The van der Waals surface area contributed by atoms with E-state index in [1.807, 2.05) is 6.07 Å². The Balaban J connectivity index is 2.09. The van der Waals surface area contributed by atoms with Gasteiger partial charge in [0.25, 0.3) is 5.91 Å². The lowest BCUT2D eigenvalue weighted by molar-refractivity contribution is 0.0963. The van der Waals surface area contributed by atoms with Gasteiger partial charge >= 0.3 is 0 Å². The highest BCUT2D eigenvalue weighted by Crippen LogP contribution is 2.17. The molecule has 5 heteroatoms. The summed E-state index contributed by atoms with van der Waals surface area (Å²) >= 11 is 5.70. The Labute approximate surface area is 121 Å². The van der Waals surface area contributed by atoms with Crippen molar-refractivity contribution in [3.8, 4) is 0 Å². The van der Waals surface area contributed by atoms with Crippen molar-refractivity contribution in [1.29, 1.82) is 0 Å². The summed E-state index contributed by atoms with van der Waals surface area (Å²) in [5.74, 6) is -0.515. The number of carbonyl (C=O) groups is 1. The molecule has 2 aromatic rings. The van der Waals surface area contributed by atoms with Gasteiger partial charge in [0, 0.05) is 35.4 Å². The number of hydrogen-bond acceptors (Lipinski definition) is 2. The predicted molar refractivity (Wildman–Crippen MR) is 78.6 cm³/mol. The van der Waals surface area contributed by atoms with Crippen molar-refractivity contribution in [3.05, 3.63) is 64.4 Å². The van der Waals surface area contributed by atoms with E-state index in [1.54, 1.807) is 37.4 Å². The molecule has 0 unspecified atom stereocenters. The summed E-state index contributed by atoms with van der Waals surface area (Å²) in [5, 5.41) is 6.00. The first-order valence-corrected chi connectivity index (χ1v) is 6.48. The minimum Gasteiger partial charge on any atom is -0.381 e. The van der Waals surface area contributed by atoms with Crippen molar-refractivity contribution in [2.24, 2.45) is 0 Å². The number of anilines is 1. The summed E-state index contributed by atoms with van der Waals surface area (Å²) in [6.07, 6.45) is 0. The SMILES string of the molecule is CNC(=O)c1cccc(NCc2ccc(Cl)cc2F)c1. The van der Waals surface area contributed by atoms with Gasteiger partial charge < -0.3 is 10.6 Å². The van der Waals surface area contributed by atoms with Crippen LogP contribution < -0.4 is 10.6 Å². The third kappa shape index (κ3) is 3.48. The average Bonchev–Trinajstić information content (AvgIpc) is 2.46. The second-order valence-corrected chi connectivity index (χ2v) is 4.69. The third-order valence-electron chi connectivity index (χ3n) is 2.85. The molecule has 0 aliphatic rings. The topological polar surface area (TPSA) is 41.1 Å². The first kappa shape index (κ1) is 14.3. The lowest BCUT2D eigenvalue weighted by Gasteiger charge is -2.09. The molecule has 0 aromatic heterocycles. The van der Waals surface area contributed by atoms with Crippen molar-refractivity contribution in [2.45, 2.75) is 6.54 Å². The molecule has 2 N–H and O–H groups in total. The van der Waals surface area contributed by atoms with E-state index in [1.165, 1.54) is 6.07 Å². The lowest BCUT2D eigenvalue weighted by Crippen LogP contribution is -2.17. The van der Waals surface area contributed by atoms with Crippen molar-refractivity contribution >= 4 is 23.2 Å². The van der Waals surface area contributed by atoms with Crippen LogP contribution in [0.15, 0.2) is 42.5 Å². The van der Waals surface area contributed by atoms with E-state index in [0.29, 0.717) is 22.7 Å². The normalized spacial score (nSPS) is 10.2. The van der Waals surface area contributed by atoms with Crippen LogP contribution in [-0.2, 0) is 6.54 Å². The van der Waals surface area contributed by atoms with Crippen LogP contribution in [0.1, 0.15) is 15.9 Å². The summed E-state index contributed by atoms with van der Waals surface area (Å²) in [4.78, 5) is 11.5. The standard InChI is InChI=1S/C15H14ClFN2O/c1-18-15(20)10-3-2-4-13(7-10)19-9-11-5-6-12(16)8-14(11)17/h2-8,19H,9H2,1H3,(H,18,20). The van der Waals surface area contributed by atoms with Crippen LogP contribution in [0.3, 0.4) is 0 Å². The number of hydrogen-bond donors (Lipinski definition) is 2. The van der Waals surface area contributed by atoms with Gasteiger partial charge in [-0.25, -0.2) is 4.39 Å². The van der Waals surface area contributed by atoms with Gasteiger partial charge in [0.15, 0.2) is 0 Å². The summed E-state index contributed by atoms with van der Waals surface area (Å²) < 4.78 is 13.6. The molecule has 104 valence electrons. The maximum atomic E-state index is 13.6. The van der Waals surface area contributed by atoms with E-state index >= 15 is 0 Å². The fourth-order valence-electron chi connectivity index (χ4n) is 1.78. The second-order valence-electron chi connectivity index (χ2n) is 4.25. The Morgan fingerprint density at radius 1 is 1.25 bits per heavy atom. The summed E-state index contributed by atoms with van der Waals surface area (Å²) in [5.41, 5.74) is 1.81. The monoisotopic (exact) mass is 292 g/mol. The van der Waals surface area contributed by atoms with Crippen LogP contribution in [0.2, 0.25) is 5.02 Å². The molecule has 0 atom stereocenters. The Bertz CT molecular complexity index is 631. The fraction of sp³-hybridized carbons (Fsp3) is 0.133. The van der Waals surface area contributed by atoms with Crippen LogP contribution in [-0.4, -0.2) is 13.0 Å². The zero-order chi connectivity index (χ0) is 14.5. The zero-order valence-corrected chi connectivity index (χ0v) is 11.7. The van der Waals surface area contributed by atoms with Crippen molar-refractivity contribution in [3.63, 3.8) is 0 Å². The fourth-order valence-corrected chi connectivity index (χ4v) is 1.94. The van der Waals surface area contributed by atoms with Gasteiger partial charge in [0.1, 0.15) is 5.82 Å². The van der Waals surface area contributed by atoms with Crippen LogP contribution in [0.5, 0.6) is 0 Å². The van der Waals surface area contributed by atoms with Crippen LogP contribution in [0.4, 0.5) is 10.1 Å². The van der Waals surface area contributed by atoms with Gasteiger partial charge in [-0.1, -0.05) is 23.7 Å². The molecule has 20 heavy (non-hydrogen) atoms. The average molecular weight is 293 g/mol. The summed E-state index contributed by atoms with van der Waals surface area (Å²) in [6, 6.07) is 11.6. The highest BCUT2D eigenvalue weighted by Gasteiger charge is 2.05. The summed E-state index contributed by atoms with van der Waals surface area (Å²) in [7, 11) is 1.57. The number of nitrogens with one attached hydrogen (secondary N) is 2. The highest BCUT2D eigenvalue weighted by molar-refractivity contribution is 6.30. The van der Waals surface area contributed by atoms with E-state index in [4.69, 9.17) is 11.6 Å². The number of benzene rings is 2. The van der Waals surface area contributed by atoms with Gasteiger partial charge in [-0.3, -0.25) is 4.79 Å². The number of halogens is 2. The second kappa shape index (κ2) is 6.39. The third-order valence-corrected chi connectivity index (χ3v) is 3.08. The van der Waals surface area contributed by atoms with Crippen LogP contribution in [0.25, 0.3) is 0 Å². The van der Waals surface area contributed by atoms with Gasteiger partial charge in [-0.15, -0.1) is 0 Å². The number of amides is 1. The first-order valence-electron chi connectivity index (χ1n) is 6.10. The van der Waals surface area contributed by atoms with Crippen molar-refractivity contribution < 1.29 is 9.18 Å². The molecule has 0 aliphatic heterocycles. The maximum Gasteiger partial charge on any atom is 0.251 e. The molecule has 0 spiro atoms. The largest absolute Gasteiger partial charge is 0.381 e. The smallest absolute Gasteiger partial charge is 0.251 e. The Morgan fingerprint density at radius 3 is 2.75 bits per heavy atom. The Hall–Kier alpha value is -2.07. The molecule has 0 bridgehead atoms. The molecule has 0 saturated carbocycles. The molecule has 0 fully saturated rings. The Morgan fingerprint density at radius 2 is 2.05 bits per heavy atom. The molecule has 2 aromatic carbocycles. The zero-order valence-electron chi connectivity index (χ0n) is 10.9. The van der Waals surface area contributed by atoms with Crippen LogP contribution >= 0.6 is 11.6 Å². The molecule has 3 nitrogen and oxygen atoms in total. The van der Waals surface area contributed by atoms with E-state index in [0.717, 1.165) is 5.69 Å². The van der Waals surface area contributed by atoms with Crippen molar-refractivity contribution in [2.75, 3.05) is 12.4 Å². The van der Waals surface area contributed by atoms with E-state index in [2.05, 4.69) is 10.6 Å². The number of carbonyl (C=O) groups excluding carboxylic acids is 1. The van der Waals surface area contributed by atoms with Crippen LogP contribution in [0, 0.1) is 5.82 Å². The van der Waals surface area contributed by atoms with Gasteiger partial charge in [-0.05, 0) is 30.3 Å². The molecular weight excluding hydrogens is 279 g/mol. The molecular formula is C15H14ClFN2O. The molecule has 0 aliphatic carbocycles. The van der Waals surface area contributed by atoms with Gasteiger partial charge in [-0.2, -0.15) is 0 Å². The van der Waals surface area contributed by atoms with Crippen molar-refractivity contribution in [1.82, 2.24) is 5.32 Å². The van der Waals surface area contributed by atoms with Gasteiger partial charge in [0.05, 0.1) is 0 Å². The maximum absolute atomic E-state index is 13.6. The van der Waals surface area contributed by atoms with E-state index in [9.17, 15) is 9.18 Å². The lowest BCUT2D eigenvalue weighted by atomic mass is 10.1. The molecule has 0 saturated heterocycles. The molecule has 0 radical (unpaired) electrons. The first-order chi connectivity index (χ1) is 9.60. The molecule has 1 amide bonds.